The van der Waals surface area contributed by atoms with E-state index in [2.05, 4.69) is 0 Å². The largest absolute Gasteiger partial charge is 0.388 e. The molecule has 3 heteroatoms. The van der Waals surface area contributed by atoms with Crippen molar-refractivity contribution in [2.45, 2.75) is 25.9 Å². The lowest BCUT2D eigenvalue weighted by atomic mass is 9.93. The second-order valence-corrected chi connectivity index (χ2v) is 4.28. The van der Waals surface area contributed by atoms with Crippen molar-refractivity contribution in [1.29, 1.82) is 0 Å². The SMILES string of the molecule is CC(C1CC1)C(O)c1cccc(F)c1F. The van der Waals surface area contributed by atoms with Crippen LogP contribution in [0.4, 0.5) is 8.78 Å². The highest BCUT2D eigenvalue weighted by Crippen LogP contribution is 2.43. The first-order valence-corrected chi connectivity index (χ1v) is 5.23. The van der Waals surface area contributed by atoms with Gasteiger partial charge in [0, 0.05) is 5.56 Å². The van der Waals surface area contributed by atoms with Gasteiger partial charge < -0.3 is 5.11 Å². The Bertz CT molecular complexity index is 361. The van der Waals surface area contributed by atoms with Crippen LogP contribution in [0.1, 0.15) is 31.4 Å². The van der Waals surface area contributed by atoms with E-state index >= 15 is 0 Å². The minimum Gasteiger partial charge on any atom is -0.388 e. The van der Waals surface area contributed by atoms with Gasteiger partial charge in [-0.05, 0) is 30.7 Å². The highest BCUT2D eigenvalue weighted by atomic mass is 19.2. The van der Waals surface area contributed by atoms with Gasteiger partial charge in [0.1, 0.15) is 0 Å². The van der Waals surface area contributed by atoms with E-state index in [1.807, 2.05) is 6.92 Å². The topological polar surface area (TPSA) is 20.2 Å². The summed E-state index contributed by atoms with van der Waals surface area (Å²) >= 11 is 0. The van der Waals surface area contributed by atoms with Gasteiger partial charge in [0.2, 0.25) is 0 Å². The average Bonchev–Trinajstić information content (AvgIpc) is 3.03. The Morgan fingerprint density at radius 2 is 2.00 bits per heavy atom. The summed E-state index contributed by atoms with van der Waals surface area (Å²) in [6.45, 7) is 1.88. The van der Waals surface area contributed by atoms with E-state index in [1.165, 1.54) is 12.1 Å². The van der Waals surface area contributed by atoms with Gasteiger partial charge in [-0.3, -0.25) is 0 Å². The minimum atomic E-state index is -0.919. The van der Waals surface area contributed by atoms with Crippen LogP contribution < -0.4 is 0 Å². The Hall–Kier alpha value is -0.960. The van der Waals surface area contributed by atoms with Crippen molar-refractivity contribution < 1.29 is 13.9 Å². The van der Waals surface area contributed by atoms with Crippen LogP contribution >= 0.6 is 0 Å². The van der Waals surface area contributed by atoms with Crippen LogP contribution in [0.15, 0.2) is 18.2 Å². The zero-order valence-electron chi connectivity index (χ0n) is 8.58. The van der Waals surface area contributed by atoms with E-state index in [-0.39, 0.29) is 11.5 Å². The Morgan fingerprint density at radius 3 is 2.60 bits per heavy atom. The molecular weight excluding hydrogens is 198 g/mol. The minimum absolute atomic E-state index is 0.00120. The standard InChI is InChI=1S/C12H14F2O/c1-7(8-5-6-8)12(15)9-3-2-4-10(13)11(9)14/h2-4,7-8,12,15H,5-6H2,1H3. The molecule has 1 fully saturated rings. The van der Waals surface area contributed by atoms with Crippen LogP contribution in [0.25, 0.3) is 0 Å². The molecule has 1 aliphatic rings. The molecule has 1 aromatic rings. The number of aliphatic hydroxyl groups is 1. The molecule has 0 aromatic heterocycles. The molecule has 0 aliphatic heterocycles. The maximum Gasteiger partial charge on any atom is 0.164 e. The van der Waals surface area contributed by atoms with Gasteiger partial charge in [0.25, 0.3) is 0 Å². The Kier molecular flexibility index (Phi) is 2.74. The number of hydrogen-bond donors (Lipinski definition) is 1. The van der Waals surface area contributed by atoms with Crippen molar-refractivity contribution in [3.8, 4) is 0 Å². The van der Waals surface area contributed by atoms with E-state index in [0.717, 1.165) is 18.9 Å². The molecule has 0 bridgehead atoms. The molecule has 0 spiro atoms. The summed E-state index contributed by atoms with van der Waals surface area (Å²) in [5, 5.41) is 9.90. The van der Waals surface area contributed by atoms with Crippen molar-refractivity contribution in [1.82, 2.24) is 0 Å². The maximum absolute atomic E-state index is 13.4. The highest BCUT2D eigenvalue weighted by molar-refractivity contribution is 5.22. The van der Waals surface area contributed by atoms with Crippen molar-refractivity contribution >= 4 is 0 Å². The van der Waals surface area contributed by atoms with E-state index in [1.54, 1.807) is 0 Å². The van der Waals surface area contributed by atoms with Crippen LogP contribution in [-0.2, 0) is 0 Å². The summed E-state index contributed by atoms with van der Waals surface area (Å²) in [4.78, 5) is 0. The summed E-state index contributed by atoms with van der Waals surface area (Å²) < 4.78 is 26.3. The van der Waals surface area contributed by atoms with Crippen molar-refractivity contribution in [3.63, 3.8) is 0 Å². The molecule has 82 valence electrons. The first-order chi connectivity index (χ1) is 7.11. The second-order valence-electron chi connectivity index (χ2n) is 4.28. The third kappa shape index (κ3) is 2.02. The van der Waals surface area contributed by atoms with Gasteiger partial charge in [-0.1, -0.05) is 19.1 Å². The average molecular weight is 212 g/mol. The van der Waals surface area contributed by atoms with Crippen molar-refractivity contribution in [2.75, 3.05) is 0 Å². The van der Waals surface area contributed by atoms with Crippen LogP contribution in [0.3, 0.4) is 0 Å². The van der Waals surface area contributed by atoms with Gasteiger partial charge in [0.15, 0.2) is 11.6 Å². The lowest BCUT2D eigenvalue weighted by molar-refractivity contribution is 0.101. The quantitative estimate of drug-likeness (QED) is 0.816. The molecule has 0 amide bonds. The van der Waals surface area contributed by atoms with Crippen molar-refractivity contribution in [3.05, 3.63) is 35.4 Å². The normalized spacial score (nSPS) is 20.0. The molecule has 2 unspecified atom stereocenters. The third-order valence-electron chi connectivity index (χ3n) is 3.16. The monoisotopic (exact) mass is 212 g/mol. The van der Waals surface area contributed by atoms with Crippen LogP contribution in [0.2, 0.25) is 0 Å². The Balaban J connectivity index is 2.24. The van der Waals surface area contributed by atoms with Crippen LogP contribution in [0.5, 0.6) is 0 Å². The number of halogens is 2. The fourth-order valence-corrected chi connectivity index (χ4v) is 1.91. The number of rotatable bonds is 3. The summed E-state index contributed by atoms with van der Waals surface area (Å²) in [5.74, 6) is -1.35. The molecule has 1 aromatic carbocycles. The van der Waals surface area contributed by atoms with Crippen LogP contribution in [-0.4, -0.2) is 5.11 Å². The molecule has 2 rings (SSSR count). The Labute approximate surface area is 87.7 Å². The lowest BCUT2D eigenvalue weighted by Gasteiger charge is -2.19. The van der Waals surface area contributed by atoms with E-state index in [0.29, 0.717) is 5.92 Å². The molecule has 1 N–H and O–H groups in total. The fraction of sp³-hybridized carbons (Fsp3) is 0.500. The van der Waals surface area contributed by atoms with Crippen molar-refractivity contribution in [2.24, 2.45) is 11.8 Å². The second kappa shape index (κ2) is 3.89. The number of aliphatic hydroxyl groups excluding tert-OH is 1. The molecule has 0 radical (unpaired) electrons. The predicted octanol–water partition coefficient (Wildman–Crippen LogP) is 3.04. The highest BCUT2D eigenvalue weighted by Gasteiger charge is 2.34. The molecule has 2 atom stereocenters. The van der Waals surface area contributed by atoms with E-state index < -0.39 is 17.7 Å². The first-order valence-electron chi connectivity index (χ1n) is 5.23. The molecule has 1 aliphatic carbocycles. The number of hydrogen-bond acceptors (Lipinski definition) is 1. The lowest BCUT2D eigenvalue weighted by Crippen LogP contribution is -2.13. The van der Waals surface area contributed by atoms with E-state index in [4.69, 9.17) is 0 Å². The molecule has 0 heterocycles. The van der Waals surface area contributed by atoms with E-state index in [9.17, 15) is 13.9 Å². The van der Waals surface area contributed by atoms with Gasteiger partial charge in [-0.15, -0.1) is 0 Å². The Morgan fingerprint density at radius 1 is 1.33 bits per heavy atom. The van der Waals surface area contributed by atoms with Gasteiger partial charge in [-0.25, -0.2) is 8.78 Å². The molecule has 15 heavy (non-hydrogen) atoms. The molecule has 1 saturated carbocycles. The summed E-state index contributed by atoms with van der Waals surface area (Å²) in [6.07, 6.45) is 1.26. The fourth-order valence-electron chi connectivity index (χ4n) is 1.91. The number of benzene rings is 1. The summed E-state index contributed by atoms with van der Waals surface area (Å²) in [7, 11) is 0. The van der Waals surface area contributed by atoms with Crippen LogP contribution in [0, 0.1) is 23.5 Å². The molecule has 0 saturated heterocycles. The molecule has 1 nitrogen and oxygen atoms in total. The first kappa shape index (κ1) is 10.6. The molecular formula is C12H14F2O. The smallest absolute Gasteiger partial charge is 0.164 e. The summed E-state index contributed by atoms with van der Waals surface area (Å²) in [5.41, 5.74) is 0.0781. The maximum atomic E-state index is 13.4. The third-order valence-corrected chi connectivity index (χ3v) is 3.16. The zero-order chi connectivity index (χ0) is 11.0. The predicted molar refractivity (Wildman–Crippen MR) is 53.2 cm³/mol. The summed E-state index contributed by atoms with van der Waals surface area (Å²) in [6, 6.07) is 3.94. The van der Waals surface area contributed by atoms with Gasteiger partial charge in [0.05, 0.1) is 6.10 Å². The van der Waals surface area contributed by atoms with Gasteiger partial charge >= 0.3 is 0 Å². The van der Waals surface area contributed by atoms with Gasteiger partial charge in [-0.2, -0.15) is 0 Å². The zero-order valence-corrected chi connectivity index (χ0v) is 8.58.